The largest absolute Gasteiger partial charge is 0.457 e. The van der Waals surface area contributed by atoms with Gasteiger partial charge in [-0.05, 0) is 79.2 Å². The van der Waals surface area contributed by atoms with E-state index in [-0.39, 0.29) is 5.91 Å². The lowest BCUT2D eigenvalue weighted by Crippen LogP contribution is -2.19. The van der Waals surface area contributed by atoms with Gasteiger partial charge in [-0.25, -0.2) is 4.99 Å². The van der Waals surface area contributed by atoms with E-state index in [4.69, 9.17) is 27.6 Å². The van der Waals surface area contributed by atoms with Crippen LogP contribution in [0.2, 0.25) is 10.0 Å². The second-order valence-electron chi connectivity index (χ2n) is 6.58. The number of hydrogen-bond donors (Lipinski definition) is 1. The van der Waals surface area contributed by atoms with Gasteiger partial charge in [-0.2, -0.15) is 0 Å². The van der Waals surface area contributed by atoms with Gasteiger partial charge in [-0.3, -0.25) is 4.79 Å². The maximum absolute atomic E-state index is 12.3. The molecule has 146 valence electrons. The number of nitrogens with zero attached hydrogens (tertiary/aromatic N) is 1. The zero-order chi connectivity index (χ0) is 20.5. The highest BCUT2D eigenvalue weighted by atomic mass is 35.5. The zero-order valence-corrected chi connectivity index (χ0v) is 18.0. The van der Waals surface area contributed by atoms with Crippen molar-refractivity contribution in [1.29, 1.82) is 0 Å². The minimum atomic E-state index is -0.212. The molecule has 1 fully saturated rings. The maximum Gasteiger partial charge on any atom is 0.264 e. The lowest BCUT2D eigenvalue weighted by molar-refractivity contribution is -0.115. The first-order valence-electron chi connectivity index (χ1n) is 8.81. The molecule has 1 aromatic heterocycles. The summed E-state index contributed by atoms with van der Waals surface area (Å²) >= 11 is 13.6. The van der Waals surface area contributed by atoms with Crippen LogP contribution in [0.25, 0.3) is 17.4 Å². The van der Waals surface area contributed by atoms with Crippen molar-refractivity contribution in [2.24, 2.45) is 4.99 Å². The first kappa shape index (κ1) is 19.8. The Labute approximate surface area is 182 Å². The van der Waals surface area contributed by atoms with Gasteiger partial charge in [0.05, 0.1) is 15.6 Å². The van der Waals surface area contributed by atoms with Crippen molar-refractivity contribution in [3.05, 3.63) is 80.4 Å². The fraction of sp³-hybridized carbons (Fsp3) is 0.0909. The number of carbonyl (C=O) groups excluding carboxylic acids is 1. The Morgan fingerprint density at radius 1 is 1.03 bits per heavy atom. The SMILES string of the molecule is Cc1ccc(N=C2NC(=O)/C(=C\c3ccc(-c4cc(Cl)ccc4Cl)o3)S2)cc1C. The molecule has 1 amide bonds. The second kappa shape index (κ2) is 8.11. The molecule has 1 aliphatic heterocycles. The molecule has 2 heterocycles. The Morgan fingerprint density at radius 3 is 2.66 bits per heavy atom. The Hall–Kier alpha value is -2.47. The summed E-state index contributed by atoms with van der Waals surface area (Å²) in [7, 11) is 0. The summed E-state index contributed by atoms with van der Waals surface area (Å²) in [6.45, 7) is 4.08. The molecule has 4 nitrogen and oxygen atoms in total. The number of halogens is 2. The first-order valence-corrected chi connectivity index (χ1v) is 10.4. The van der Waals surface area contributed by atoms with Crippen LogP contribution in [0, 0.1) is 13.8 Å². The van der Waals surface area contributed by atoms with Crippen molar-refractivity contribution in [3.8, 4) is 11.3 Å². The van der Waals surface area contributed by atoms with Crippen LogP contribution in [0.1, 0.15) is 16.9 Å². The third-order valence-corrected chi connectivity index (χ3v) is 5.94. The van der Waals surface area contributed by atoms with E-state index in [2.05, 4.69) is 10.3 Å². The third kappa shape index (κ3) is 4.42. The summed E-state index contributed by atoms with van der Waals surface area (Å²) in [4.78, 5) is 17.3. The number of furan rings is 1. The van der Waals surface area contributed by atoms with E-state index in [1.165, 1.54) is 17.3 Å². The summed E-state index contributed by atoms with van der Waals surface area (Å²) in [6.07, 6.45) is 1.69. The molecule has 2 aromatic carbocycles. The summed E-state index contributed by atoms with van der Waals surface area (Å²) < 4.78 is 5.85. The first-order chi connectivity index (χ1) is 13.9. The highest BCUT2D eigenvalue weighted by Crippen LogP contribution is 2.34. The molecule has 1 N–H and O–H groups in total. The van der Waals surface area contributed by atoms with E-state index in [1.807, 2.05) is 32.0 Å². The Kier molecular flexibility index (Phi) is 5.54. The van der Waals surface area contributed by atoms with Gasteiger partial charge in [-0.1, -0.05) is 29.3 Å². The predicted molar refractivity (Wildman–Crippen MR) is 121 cm³/mol. The summed E-state index contributed by atoms with van der Waals surface area (Å²) in [5, 5.41) is 4.43. The molecule has 7 heteroatoms. The molecule has 1 saturated heterocycles. The number of amides is 1. The topological polar surface area (TPSA) is 54.6 Å². The molecule has 1 aliphatic rings. The van der Waals surface area contributed by atoms with Gasteiger partial charge in [0.15, 0.2) is 5.17 Å². The van der Waals surface area contributed by atoms with Crippen molar-refractivity contribution in [2.75, 3.05) is 0 Å². The van der Waals surface area contributed by atoms with Crippen LogP contribution in [-0.2, 0) is 4.79 Å². The molecule has 29 heavy (non-hydrogen) atoms. The van der Waals surface area contributed by atoms with E-state index in [9.17, 15) is 4.79 Å². The zero-order valence-electron chi connectivity index (χ0n) is 15.6. The van der Waals surface area contributed by atoms with Crippen LogP contribution < -0.4 is 5.32 Å². The van der Waals surface area contributed by atoms with E-state index in [0.29, 0.717) is 37.2 Å². The number of hydrogen-bond acceptors (Lipinski definition) is 4. The predicted octanol–water partition coefficient (Wildman–Crippen LogP) is 6.76. The smallest absolute Gasteiger partial charge is 0.264 e. The highest BCUT2D eigenvalue weighted by molar-refractivity contribution is 8.18. The number of rotatable bonds is 3. The molecule has 4 rings (SSSR count). The summed E-state index contributed by atoms with van der Waals surface area (Å²) in [5.74, 6) is 0.911. The number of carbonyl (C=O) groups is 1. The maximum atomic E-state index is 12.3. The second-order valence-corrected chi connectivity index (χ2v) is 8.45. The van der Waals surface area contributed by atoms with Crippen LogP contribution in [0.15, 0.2) is 62.8 Å². The molecular formula is C22H16Cl2N2O2S. The van der Waals surface area contributed by atoms with Crippen LogP contribution in [-0.4, -0.2) is 11.1 Å². The van der Waals surface area contributed by atoms with Crippen molar-refractivity contribution >= 4 is 57.8 Å². The molecule has 0 radical (unpaired) electrons. The molecule has 0 spiro atoms. The average molecular weight is 443 g/mol. The Bertz CT molecular complexity index is 1180. The highest BCUT2D eigenvalue weighted by Gasteiger charge is 2.24. The fourth-order valence-corrected chi connectivity index (χ4v) is 3.99. The number of amidine groups is 1. The van der Waals surface area contributed by atoms with Crippen LogP contribution in [0.3, 0.4) is 0 Å². The normalized spacial score (nSPS) is 16.6. The van der Waals surface area contributed by atoms with Gasteiger partial charge in [0.25, 0.3) is 5.91 Å². The van der Waals surface area contributed by atoms with Crippen LogP contribution in [0.5, 0.6) is 0 Å². The van der Waals surface area contributed by atoms with Crippen molar-refractivity contribution < 1.29 is 9.21 Å². The van der Waals surface area contributed by atoms with E-state index in [1.54, 1.807) is 36.4 Å². The molecule has 0 saturated carbocycles. The van der Waals surface area contributed by atoms with Crippen molar-refractivity contribution in [1.82, 2.24) is 5.32 Å². The minimum absolute atomic E-state index is 0.212. The molecule has 3 aromatic rings. The van der Waals surface area contributed by atoms with E-state index >= 15 is 0 Å². The number of benzene rings is 2. The standard InChI is InChI=1S/C22H16Cl2N2O2S/c1-12-3-5-15(9-13(12)2)25-22-26-21(27)20(29-22)11-16-6-8-19(28-16)17-10-14(23)4-7-18(17)24/h3-11H,1-2H3,(H,25,26,27)/b20-11+. The minimum Gasteiger partial charge on any atom is -0.457 e. The van der Waals surface area contributed by atoms with Crippen molar-refractivity contribution in [2.45, 2.75) is 13.8 Å². The number of aryl methyl sites for hydroxylation is 2. The Morgan fingerprint density at radius 2 is 1.86 bits per heavy atom. The van der Waals surface area contributed by atoms with E-state index in [0.717, 1.165) is 11.3 Å². The third-order valence-electron chi connectivity index (χ3n) is 4.47. The monoisotopic (exact) mass is 442 g/mol. The van der Waals surface area contributed by atoms with Crippen LogP contribution in [0.4, 0.5) is 5.69 Å². The van der Waals surface area contributed by atoms with Crippen LogP contribution >= 0.6 is 35.0 Å². The van der Waals surface area contributed by atoms with Crippen molar-refractivity contribution in [3.63, 3.8) is 0 Å². The quantitative estimate of drug-likeness (QED) is 0.455. The lowest BCUT2D eigenvalue weighted by atomic mass is 10.1. The van der Waals surface area contributed by atoms with E-state index < -0.39 is 0 Å². The number of thioether (sulfide) groups is 1. The number of aliphatic imine (C=N–C) groups is 1. The Balaban J connectivity index is 1.57. The lowest BCUT2D eigenvalue weighted by Gasteiger charge is -2.01. The van der Waals surface area contributed by atoms with Gasteiger partial charge in [0.1, 0.15) is 11.5 Å². The summed E-state index contributed by atoms with van der Waals surface area (Å²) in [5.41, 5.74) is 3.85. The molecular weight excluding hydrogens is 427 g/mol. The molecule has 0 aliphatic carbocycles. The summed E-state index contributed by atoms with van der Waals surface area (Å²) in [6, 6.07) is 14.7. The van der Waals surface area contributed by atoms with Gasteiger partial charge >= 0.3 is 0 Å². The molecule has 0 bridgehead atoms. The van der Waals surface area contributed by atoms with Gasteiger partial charge in [-0.15, -0.1) is 0 Å². The molecule has 0 unspecified atom stereocenters. The molecule has 0 atom stereocenters. The van der Waals surface area contributed by atoms with Gasteiger partial charge in [0.2, 0.25) is 0 Å². The number of nitrogens with one attached hydrogen (secondary N) is 1. The average Bonchev–Trinajstić information content (AvgIpc) is 3.27. The van der Waals surface area contributed by atoms with Gasteiger partial charge < -0.3 is 9.73 Å². The van der Waals surface area contributed by atoms with Gasteiger partial charge in [0, 0.05) is 16.7 Å². The fourth-order valence-electron chi connectivity index (χ4n) is 2.78.